The first kappa shape index (κ1) is 20.3. The third-order valence-electron chi connectivity index (χ3n) is 5.27. The van der Waals surface area contributed by atoms with Crippen molar-refractivity contribution in [3.05, 3.63) is 94.5 Å². The second kappa shape index (κ2) is 9.20. The van der Waals surface area contributed by atoms with E-state index in [9.17, 15) is 9.90 Å². The van der Waals surface area contributed by atoms with Gasteiger partial charge in [-0.2, -0.15) is 0 Å². The molecule has 3 aromatic carbocycles. The second-order valence-electron chi connectivity index (χ2n) is 7.16. The minimum Gasteiger partial charge on any atom is -0.457 e. The van der Waals surface area contributed by atoms with Gasteiger partial charge >= 0.3 is 6.09 Å². The van der Waals surface area contributed by atoms with Crippen molar-refractivity contribution in [1.82, 2.24) is 5.32 Å². The van der Waals surface area contributed by atoms with Gasteiger partial charge in [-0.25, -0.2) is 4.79 Å². The van der Waals surface area contributed by atoms with Crippen LogP contribution in [0.15, 0.2) is 72.8 Å². The third-order valence-corrected chi connectivity index (χ3v) is 5.51. The fraction of sp³-hybridized carbons (Fsp3) is 0.208. The fourth-order valence-electron chi connectivity index (χ4n) is 3.78. The summed E-state index contributed by atoms with van der Waals surface area (Å²) >= 11 is 6.21. The number of para-hydroxylation sites is 1. The van der Waals surface area contributed by atoms with Crippen LogP contribution in [0.1, 0.15) is 28.5 Å². The zero-order chi connectivity index (χ0) is 20.9. The molecule has 3 aromatic rings. The molecule has 154 valence electrons. The van der Waals surface area contributed by atoms with Gasteiger partial charge in [0.15, 0.2) is 0 Å². The first-order valence-corrected chi connectivity index (χ1v) is 10.1. The number of nitrogens with one attached hydrogen (secondary N) is 1. The summed E-state index contributed by atoms with van der Waals surface area (Å²) in [5.41, 5.74) is 2.63. The van der Waals surface area contributed by atoms with Gasteiger partial charge in [-0.15, -0.1) is 0 Å². The molecule has 0 aliphatic carbocycles. The molecule has 30 heavy (non-hydrogen) atoms. The molecule has 2 N–H and O–H groups in total. The molecule has 6 heteroatoms. The first-order chi connectivity index (χ1) is 14.7. The molecule has 0 saturated carbocycles. The molecule has 1 aliphatic heterocycles. The smallest absolute Gasteiger partial charge is 0.407 e. The van der Waals surface area contributed by atoms with E-state index in [0.717, 1.165) is 16.7 Å². The zero-order valence-corrected chi connectivity index (χ0v) is 17.0. The summed E-state index contributed by atoms with van der Waals surface area (Å²) in [5.74, 6) is 0.841. The van der Waals surface area contributed by atoms with Crippen molar-refractivity contribution in [2.75, 3.05) is 13.2 Å². The topological polar surface area (TPSA) is 67.8 Å². The maximum Gasteiger partial charge on any atom is 0.407 e. The van der Waals surface area contributed by atoms with Crippen LogP contribution in [0.4, 0.5) is 4.79 Å². The SMILES string of the molecule is O=C(NCC1c2ccccc2Oc2ccc(Cl)cc2C1CO)OCc1ccccc1. The highest BCUT2D eigenvalue weighted by molar-refractivity contribution is 6.30. The van der Waals surface area contributed by atoms with Crippen LogP contribution < -0.4 is 10.1 Å². The van der Waals surface area contributed by atoms with E-state index in [2.05, 4.69) is 5.32 Å². The van der Waals surface area contributed by atoms with Gasteiger partial charge in [0, 0.05) is 34.5 Å². The maximum atomic E-state index is 12.3. The van der Waals surface area contributed by atoms with Crippen LogP contribution in [0, 0.1) is 0 Å². The number of carbonyl (C=O) groups is 1. The van der Waals surface area contributed by atoms with Gasteiger partial charge in [0.05, 0.1) is 6.61 Å². The van der Waals surface area contributed by atoms with Crippen molar-refractivity contribution in [2.24, 2.45) is 0 Å². The highest BCUT2D eigenvalue weighted by Gasteiger charge is 2.32. The number of fused-ring (bicyclic) bond motifs is 2. The van der Waals surface area contributed by atoms with Crippen LogP contribution in [0.5, 0.6) is 11.5 Å². The Hall–Kier alpha value is -3.02. The Labute approximate surface area is 180 Å². The van der Waals surface area contributed by atoms with Crippen LogP contribution >= 0.6 is 11.6 Å². The van der Waals surface area contributed by atoms with Crippen molar-refractivity contribution >= 4 is 17.7 Å². The first-order valence-electron chi connectivity index (χ1n) is 9.77. The number of halogens is 1. The van der Waals surface area contributed by atoms with E-state index in [4.69, 9.17) is 21.1 Å². The normalized spacial score (nSPS) is 17.1. The van der Waals surface area contributed by atoms with Crippen molar-refractivity contribution in [3.8, 4) is 11.5 Å². The van der Waals surface area contributed by atoms with Gasteiger partial charge in [0.2, 0.25) is 0 Å². The highest BCUT2D eigenvalue weighted by Crippen LogP contribution is 2.46. The lowest BCUT2D eigenvalue weighted by atomic mass is 9.82. The summed E-state index contributed by atoms with van der Waals surface area (Å²) in [6.07, 6.45) is -0.510. The quantitative estimate of drug-likeness (QED) is 0.589. The largest absolute Gasteiger partial charge is 0.457 e. The molecule has 0 saturated heterocycles. The molecule has 0 bridgehead atoms. The Morgan fingerprint density at radius 2 is 1.70 bits per heavy atom. The standard InChI is InChI=1S/C24H22ClNO4/c25-17-10-11-23-19(12-17)21(14-27)20(18-8-4-5-9-22(18)30-23)13-26-24(28)29-15-16-6-2-1-3-7-16/h1-12,20-21,27H,13-15H2,(H,26,28). The zero-order valence-electron chi connectivity index (χ0n) is 16.3. The average molecular weight is 424 g/mol. The fourth-order valence-corrected chi connectivity index (χ4v) is 3.96. The number of rotatable bonds is 5. The molecule has 0 fully saturated rings. The van der Waals surface area contributed by atoms with Crippen molar-refractivity contribution < 1.29 is 19.4 Å². The number of amides is 1. The summed E-state index contributed by atoms with van der Waals surface area (Å²) in [6, 6.07) is 22.5. The Kier molecular flexibility index (Phi) is 6.21. The summed E-state index contributed by atoms with van der Waals surface area (Å²) in [6.45, 7) is 0.362. The lowest BCUT2D eigenvalue weighted by Crippen LogP contribution is -2.32. The molecule has 2 atom stereocenters. The number of hydrogen-bond donors (Lipinski definition) is 2. The number of aliphatic hydroxyl groups is 1. The summed E-state index contributed by atoms with van der Waals surface area (Å²) in [4.78, 5) is 12.3. The van der Waals surface area contributed by atoms with E-state index in [-0.39, 0.29) is 31.6 Å². The van der Waals surface area contributed by atoms with Crippen molar-refractivity contribution in [3.63, 3.8) is 0 Å². The predicted octanol–water partition coefficient (Wildman–Crippen LogP) is 5.23. The lowest BCUT2D eigenvalue weighted by Gasteiger charge is -2.25. The van der Waals surface area contributed by atoms with E-state index in [0.29, 0.717) is 16.5 Å². The Morgan fingerprint density at radius 3 is 2.50 bits per heavy atom. The van der Waals surface area contributed by atoms with Crippen LogP contribution in [-0.4, -0.2) is 24.4 Å². The van der Waals surface area contributed by atoms with Crippen LogP contribution in [0.2, 0.25) is 5.02 Å². The summed E-state index contributed by atoms with van der Waals surface area (Å²) in [7, 11) is 0. The molecule has 5 nitrogen and oxygen atoms in total. The Bertz CT molecular complexity index is 1020. The minimum absolute atomic E-state index is 0.115. The summed E-state index contributed by atoms with van der Waals surface area (Å²) < 4.78 is 11.4. The van der Waals surface area contributed by atoms with Crippen molar-refractivity contribution in [2.45, 2.75) is 18.4 Å². The molecular weight excluding hydrogens is 402 g/mol. The number of alkyl carbamates (subject to hydrolysis) is 1. The molecular formula is C24H22ClNO4. The van der Waals surface area contributed by atoms with E-state index in [1.54, 1.807) is 12.1 Å². The molecule has 1 amide bonds. The van der Waals surface area contributed by atoms with Gasteiger partial charge in [0.25, 0.3) is 0 Å². The summed E-state index contributed by atoms with van der Waals surface area (Å²) in [5, 5.41) is 13.6. The van der Waals surface area contributed by atoms with Gasteiger partial charge in [0.1, 0.15) is 18.1 Å². The van der Waals surface area contributed by atoms with E-state index in [1.807, 2.05) is 60.7 Å². The molecule has 2 unspecified atom stereocenters. The number of benzene rings is 3. The van der Waals surface area contributed by atoms with Gasteiger partial charge in [-0.3, -0.25) is 0 Å². The van der Waals surface area contributed by atoms with Gasteiger partial charge < -0.3 is 19.9 Å². The van der Waals surface area contributed by atoms with E-state index in [1.165, 1.54) is 0 Å². The predicted molar refractivity (Wildman–Crippen MR) is 115 cm³/mol. The monoisotopic (exact) mass is 423 g/mol. The molecule has 1 heterocycles. The van der Waals surface area contributed by atoms with E-state index < -0.39 is 6.09 Å². The number of carbonyl (C=O) groups excluding carboxylic acids is 1. The van der Waals surface area contributed by atoms with Crippen molar-refractivity contribution in [1.29, 1.82) is 0 Å². The van der Waals surface area contributed by atoms with Crippen LogP contribution in [-0.2, 0) is 11.3 Å². The average Bonchev–Trinajstić information content (AvgIpc) is 2.90. The number of ether oxygens (including phenoxy) is 2. The molecule has 0 spiro atoms. The van der Waals surface area contributed by atoms with Gasteiger partial charge in [-0.05, 0) is 29.8 Å². The van der Waals surface area contributed by atoms with Gasteiger partial charge in [-0.1, -0.05) is 60.1 Å². The highest BCUT2D eigenvalue weighted by atomic mass is 35.5. The Balaban J connectivity index is 1.55. The molecule has 4 rings (SSSR count). The Morgan fingerprint density at radius 1 is 0.967 bits per heavy atom. The molecule has 1 aliphatic rings. The maximum absolute atomic E-state index is 12.3. The number of hydrogen-bond acceptors (Lipinski definition) is 4. The lowest BCUT2D eigenvalue weighted by molar-refractivity contribution is 0.138. The minimum atomic E-state index is -0.510. The van der Waals surface area contributed by atoms with Crippen LogP contribution in [0.3, 0.4) is 0 Å². The van der Waals surface area contributed by atoms with Crippen LogP contribution in [0.25, 0.3) is 0 Å². The number of aliphatic hydroxyl groups excluding tert-OH is 1. The second-order valence-corrected chi connectivity index (χ2v) is 7.60. The molecule has 0 radical (unpaired) electrons. The third kappa shape index (κ3) is 4.42. The van der Waals surface area contributed by atoms with E-state index >= 15 is 0 Å². The molecule has 0 aromatic heterocycles.